The Bertz CT molecular complexity index is 979. The molecule has 132 valence electrons. The summed E-state index contributed by atoms with van der Waals surface area (Å²) in [6.45, 7) is 3.99. The summed E-state index contributed by atoms with van der Waals surface area (Å²) in [5, 5.41) is 17.5. The van der Waals surface area contributed by atoms with Crippen LogP contribution < -0.4 is 5.32 Å². The van der Waals surface area contributed by atoms with E-state index in [-0.39, 0.29) is 16.9 Å². The Morgan fingerprint density at radius 2 is 1.96 bits per heavy atom. The average Bonchev–Trinajstić information content (AvgIpc) is 2.82. The van der Waals surface area contributed by atoms with Crippen molar-refractivity contribution < 1.29 is 9.90 Å². The molecule has 26 heavy (non-hydrogen) atoms. The summed E-state index contributed by atoms with van der Waals surface area (Å²) in [6, 6.07) is 15.2. The van der Waals surface area contributed by atoms with E-state index in [1.807, 2.05) is 50.2 Å². The average molecular weight is 365 g/mol. The molecule has 2 aromatic carbocycles. The molecule has 4 rings (SSSR count). The highest BCUT2D eigenvalue weighted by Crippen LogP contribution is 2.44. The molecule has 2 N–H and O–H groups in total. The maximum atomic E-state index is 12.3. The van der Waals surface area contributed by atoms with Gasteiger partial charge < -0.3 is 10.4 Å². The van der Waals surface area contributed by atoms with Crippen LogP contribution in [0, 0.1) is 13.8 Å². The fraction of sp³-hybridized carbons (Fsp3) is 0.200. The molecule has 2 heterocycles. The summed E-state index contributed by atoms with van der Waals surface area (Å²) in [4.78, 5) is 12.3. The van der Waals surface area contributed by atoms with Crippen LogP contribution in [-0.4, -0.2) is 26.5 Å². The Morgan fingerprint density at radius 3 is 2.69 bits per heavy atom. The van der Waals surface area contributed by atoms with E-state index in [9.17, 15) is 9.90 Å². The largest absolute Gasteiger partial charge is 0.508 e. The highest BCUT2D eigenvalue weighted by molar-refractivity contribution is 8.00. The standard InChI is InChI=1S/C20H19N3O2S/c1-12-6-8-15(9-7-12)23-20-18(13(2)22-23)19(26-11-17(25)21-20)14-4-3-5-16(24)10-14/h3-10,19,24H,11H2,1-2H3,(H,21,25)/t19-/m1/s1. The van der Waals surface area contributed by atoms with E-state index in [1.165, 1.54) is 5.56 Å². The lowest BCUT2D eigenvalue weighted by molar-refractivity contribution is -0.113. The lowest BCUT2D eigenvalue weighted by Gasteiger charge is -2.15. The normalized spacial score (nSPS) is 16.7. The van der Waals surface area contributed by atoms with Gasteiger partial charge in [-0.2, -0.15) is 5.10 Å². The molecule has 0 bridgehead atoms. The minimum atomic E-state index is -0.0738. The highest BCUT2D eigenvalue weighted by atomic mass is 32.2. The van der Waals surface area contributed by atoms with Crippen LogP contribution in [0.1, 0.15) is 27.6 Å². The van der Waals surface area contributed by atoms with Gasteiger partial charge in [-0.1, -0.05) is 29.8 Å². The first-order valence-corrected chi connectivity index (χ1v) is 9.45. The number of hydrogen-bond acceptors (Lipinski definition) is 4. The van der Waals surface area contributed by atoms with Gasteiger partial charge >= 0.3 is 0 Å². The van der Waals surface area contributed by atoms with Gasteiger partial charge in [0.15, 0.2) is 0 Å². The Kier molecular flexibility index (Phi) is 4.20. The van der Waals surface area contributed by atoms with Crippen molar-refractivity contribution in [3.8, 4) is 11.4 Å². The molecule has 5 nitrogen and oxygen atoms in total. The predicted molar refractivity (Wildman–Crippen MR) is 104 cm³/mol. The number of nitrogens with zero attached hydrogens (tertiary/aromatic N) is 2. The number of thioether (sulfide) groups is 1. The smallest absolute Gasteiger partial charge is 0.235 e. The van der Waals surface area contributed by atoms with Crippen LogP contribution in [0.25, 0.3) is 5.69 Å². The molecule has 0 aliphatic carbocycles. The zero-order valence-corrected chi connectivity index (χ0v) is 15.4. The van der Waals surface area contributed by atoms with Crippen molar-refractivity contribution in [1.82, 2.24) is 9.78 Å². The number of phenols is 1. The van der Waals surface area contributed by atoms with E-state index in [4.69, 9.17) is 5.10 Å². The topological polar surface area (TPSA) is 67.2 Å². The van der Waals surface area contributed by atoms with Gasteiger partial charge in [-0.05, 0) is 43.7 Å². The molecule has 0 saturated carbocycles. The van der Waals surface area contributed by atoms with Crippen molar-refractivity contribution in [2.45, 2.75) is 19.1 Å². The van der Waals surface area contributed by atoms with Gasteiger partial charge in [-0.15, -0.1) is 11.8 Å². The number of aromatic hydroxyl groups is 1. The van der Waals surface area contributed by atoms with E-state index in [0.717, 1.165) is 22.5 Å². The summed E-state index contributed by atoms with van der Waals surface area (Å²) in [5.74, 6) is 1.22. The number of rotatable bonds is 2. The summed E-state index contributed by atoms with van der Waals surface area (Å²) in [5.41, 5.74) is 4.87. The van der Waals surface area contributed by atoms with Gasteiger partial charge in [0.05, 0.1) is 22.4 Å². The molecule has 0 radical (unpaired) electrons. The maximum absolute atomic E-state index is 12.3. The number of aromatic nitrogens is 2. The molecule has 0 saturated heterocycles. The number of carbonyl (C=O) groups excluding carboxylic acids is 1. The zero-order chi connectivity index (χ0) is 18.3. The third kappa shape index (κ3) is 2.97. The quantitative estimate of drug-likeness (QED) is 0.721. The van der Waals surface area contributed by atoms with Crippen LogP contribution in [0.15, 0.2) is 48.5 Å². The first-order chi connectivity index (χ1) is 12.5. The number of nitrogens with one attached hydrogen (secondary N) is 1. The van der Waals surface area contributed by atoms with Crippen LogP contribution in [0.5, 0.6) is 5.75 Å². The summed E-state index contributed by atoms with van der Waals surface area (Å²) in [7, 11) is 0. The van der Waals surface area contributed by atoms with Crippen molar-refractivity contribution >= 4 is 23.5 Å². The summed E-state index contributed by atoms with van der Waals surface area (Å²) < 4.78 is 1.80. The lowest BCUT2D eigenvalue weighted by atomic mass is 10.0. The van der Waals surface area contributed by atoms with Gasteiger partial charge in [0.2, 0.25) is 5.91 Å². The molecule has 0 spiro atoms. The third-order valence-electron chi connectivity index (χ3n) is 4.46. The van der Waals surface area contributed by atoms with Crippen molar-refractivity contribution in [2.24, 2.45) is 0 Å². The molecular weight excluding hydrogens is 346 g/mol. The third-order valence-corrected chi connectivity index (χ3v) is 5.73. The molecule has 1 aromatic heterocycles. The SMILES string of the molecule is Cc1ccc(-n2nc(C)c3c2NC(=O)CS[C@@H]3c2cccc(O)c2)cc1. The molecule has 6 heteroatoms. The van der Waals surface area contributed by atoms with E-state index in [1.54, 1.807) is 28.6 Å². The zero-order valence-electron chi connectivity index (χ0n) is 14.6. The van der Waals surface area contributed by atoms with Crippen molar-refractivity contribution in [2.75, 3.05) is 11.1 Å². The number of carbonyl (C=O) groups is 1. The second-order valence-corrected chi connectivity index (χ2v) is 7.52. The first kappa shape index (κ1) is 16.7. The number of aryl methyl sites for hydroxylation is 2. The molecule has 1 atom stereocenters. The van der Waals surface area contributed by atoms with Crippen LogP contribution in [0.4, 0.5) is 5.82 Å². The minimum absolute atomic E-state index is 0.0489. The van der Waals surface area contributed by atoms with Gasteiger partial charge in [0.25, 0.3) is 0 Å². The maximum Gasteiger partial charge on any atom is 0.235 e. The van der Waals surface area contributed by atoms with Crippen molar-refractivity contribution in [3.63, 3.8) is 0 Å². The lowest BCUT2D eigenvalue weighted by Crippen LogP contribution is -2.15. The molecule has 1 aliphatic heterocycles. The Hall–Kier alpha value is -2.73. The van der Waals surface area contributed by atoms with Crippen LogP contribution in [-0.2, 0) is 4.79 Å². The number of amides is 1. The predicted octanol–water partition coefficient (Wildman–Crippen LogP) is 3.97. The fourth-order valence-corrected chi connectivity index (χ4v) is 4.39. The molecule has 0 fully saturated rings. The van der Waals surface area contributed by atoms with Crippen molar-refractivity contribution in [3.05, 3.63) is 70.9 Å². The van der Waals surface area contributed by atoms with E-state index in [0.29, 0.717) is 11.6 Å². The minimum Gasteiger partial charge on any atom is -0.508 e. The first-order valence-electron chi connectivity index (χ1n) is 8.40. The Morgan fingerprint density at radius 1 is 1.19 bits per heavy atom. The second-order valence-electron chi connectivity index (χ2n) is 6.43. The molecule has 1 aliphatic rings. The van der Waals surface area contributed by atoms with E-state index >= 15 is 0 Å². The Labute approximate surface area is 156 Å². The number of phenolic OH excluding ortho intramolecular Hbond substituents is 1. The van der Waals surface area contributed by atoms with Crippen LogP contribution >= 0.6 is 11.8 Å². The molecule has 0 unspecified atom stereocenters. The van der Waals surface area contributed by atoms with Gasteiger partial charge in [-0.3, -0.25) is 4.79 Å². The van der Waals surface area contributed by atoms with Crippen LogP contribution in [0.2, 0.25) is 0 Å². The van der Waals surface area contributed by atoms with Crippen molar-refractivity contribution in [1.29, 1.82) is 0 Å². The second kappa shape index (κ2) is 6.53. The summed E-state index contributed by atoms with van der Waals surface area (Å²) in [6.07, 6.45) is 0. The van der Waals surface area contributed by atoms with Crippen LogP contribution in [0.3, 0.4) is 0 Å². The number of hydrogen-bond donors (Lipinski definition) is 2. The van der Waals surface area contributed by atoms with Gasteiger partial charge in [0, 0.05) is 5.56 Å². The Balaban J connectivity index is 1.89. The summed E-state index contributed by atoms with van der Waals surface area (Å²) >= 11 is 1.55. The fourth-order valence-electron chi connectivity index (χ4n) is 3.21. The highest BCUT2D eigenvalue weighted by Gasteiger charge is 2.30. The number of benzene rings is 2. The molecule has 3 aromatic rings. The van der Waals surface area contributed by atoms with E-state index in [2.05, 4.69) is 5.32 Å². The monoisotopic (exact) mass is 365 g/mol. The number of fused-ring (bicyclic) bond motifs is 1. The molecule has 1 amide bonds. The van der Waals surface area contributed by atoms with Gasteiger partial charge in [-0.25, -0.2) is 4.68 Å². The van der Waals surface area contributed by atoms with E-state index < -0.39 is 0 Å². The van der Waals surface area contributed by atoms with Gasteiger partial charge in [0.1, 0.15) is 11.6 Å². The number of anilines is 1. The molecular formula is C20H19N3O2S.